The molecule has 0 atom stereocenters. The van der Waals surface area contributed by atoms with Crippen LogP contribution in [0.3, 0.4) is 0 Å². The quantitative estimate of drug-likeness (QED) is 0.820. The number of carbonyl (C=O) groups excluding carboxylic acids is 1. The summed E-state index contributed by atoms with van der Waals surface area (Å²) in [6.07, 6.45) is -0.181. The van der Waals surface area contributed by atoms with E-state index in [1.807, 2.05) is 0 Å². The molecule has 0 saturated heterocycles. The molecule has 1 fully saturated rings. The Morgan fingerprint density at radius 1 is 1.65 bits per heavy atom. The predicted molar refractivity (Wildman–Crippen MR) is 55.4 cm³/mol. The first kappa shape index (κ1) is 11.8. The topological polar surface area (TPSA) is 70.1 Å². The predicted octanol–water partition coefficient (Wildman–Crippen LogP) is 1.53. The number of alkyl halides is 2. The molecule has 17 heavy (non-hydrogen) atoms. The van der Waals surface area contributed by atoms with Crippen LogP contribution in [-0.4, -0.2) is 22.9 Å². The molecule has 2 N–H and O–H groups in total. The number of anilines is 1. The van der Waals surface area contributed by atoms with E-state index in [4.69, 9.17) is 5.73 Å². The van der Waals surface area contributed by atoms with Crippen molar-refractivity contribution in [2.24, 2.45) is 5.92 Å². The molecule has 0 aliphatic heterocycles. The molecule has 0 radical (unpaired) electrons. The molecule has 1 heterocycles. The number of hydrogen-bond acceptors (Lipinski definition) is 4. The molecular weight excluding hydrogens is 232 g/mol. The normalized spacial score (nSPS) is 23.5. The van der Waals surface area contributed by atoms with Crippen molar-refractivity contribution in [2.45, 2.75) is 25.3 Å². The number of hydrogen-bond donors (Lipinski definition) is 1. The first-order chi connectivity index (χ1) is 8.02. The second kappa shape index (κ2) is 4.31. The van der Waals surface area contributed by atoms with Gasteiger partial charge in [-0.05, 0) is 12.8 Å². The van der Waals surface area contributed by atoms with Crippen LogP contribution in [0.5, 0.6) is 0 Å². The van der Waals surface area contributed by atoms with Crippen LogP contribution in [0.25, 0.3) is 0 Å². The summed E-state index contributed by atoms with van der Waals surface area (Å²) < 4.78 is 30.9. The molecule has 0 aromatic carbocycles. The second-order valence-corrected chi connectivity index (χ2v) is 4.10. The largest absolute Gasteiger partial charge is 0.469 e. The van der Waals surface area contributed by atoms with Gasteiger partial charge in [0.1, 0.15) is 0 Å². The Balaban J connectivity index is 2.02. The molecule has 5 nitrogen and oxygen atoms in total. The van der Waals surface area contributed by atoms with E-state index >= 15 is 0 Å². The van der Waals surface area contributed by atoms with E-state index in [9.17, 15) is 13.6 Å². The summed E-state index contributed by atoms with van der Waals surface area (Å²) in [5.41, 5.74) is 5.02. The number of esters is 1. The van der Waals surface area contributed by atoms with E-state index in [1.54, 1.807) is 0 Å². The van der Waals surface area contributed by atoms with Crippen LogP contribution in [0.2, 0.25) is 0 Å². The number of rotatable bonds is 3. The highest BCUT2D eigenvalue weighted by atomic mass is 19.3. The fourth-order valence-corrected chi connectivity index (χ4v) is 1.94. The van der Waals surface area contributed by atoms with Gasteiger partial charge in [0.05, 0.1) is 24.8 Å². The minimum atomic E-state index is -2.67. The van der Waals surface area contributed by atoms with Crippen LogP contribution in [0, 0.1) is 5.92 Å². The molecule has 94 valence electrons. The zero-order valence-corrected chi connectivity index (χ0v) is 9.27. The van der Waals surface area contributed by atoms with Gasteiger partial charge in [-0.1, -0.05) is 0 Å². The summed E-state index contributed by atoms with van der Waals surface area (Å²) in [5, 5.41) is 3.74. The van der Waals surface area contributed by atoms with E-state index in [-0.39, 0.29) is 23.6 Å². The van der Waals surface area contributed by atoms with Gasteiger partial charge in [-0.2, -0.15) is 5.10 Å². The highest BCUT2D eigenvalue weighted by molar-refractivity contribution is 5.73. The van der Waals surface area contributed by atoms with Gasteiger partial charge in [-0.25, -0.2) is 8.78 Å². The zero-order valence-electron chi connectivity index (χ0n) is 9.27. The average Bonchev–Trinajstić information content (AvgIpc) is 2.57. The van der Waals surface area contributed by atoms with Crippen LogP contribution >= 0.6 is 0 Å². The van der Waals surface area contributed by atoms with Crippen molar-refractivity contribution in [1.29, 1.82) is 0 Å². The molecule has 0 amide bonds. The molecule has 2 rings (SSSR count). The number of nitrogen functional groups attached to an aromatic ring is 1. The van der Waals surface area contributed by atoms with Gasteiger partial charge >= 0.3 is 5.97 Å². The summed E-state index contributed by atoms with van der Waals surface area (Å²) in [4.78, 5) is 11.2. The lowest BCUT2D eigenvalue weighted by Gasteiger charge is -2.33. The summed E-state index contributed by atoms with van der Waals surface area (Å²) >= 11 is 0. The molecule has 1 aliphatic carbocycles. The van der Waals surface area contributed by atoms with Gasteiger partial charge in [0.2, 0.25) is 0 Å². The Hall–Kier alpha value is -1.66. The van der Waals surface area contributed by atoms with Gasteiger partial charge in [-0.15, -0.1) is 0 Å². The van der Waals surface area contributed by atoms with Crippen LogP contribution in [0.4, 0.5) is 14.5 Å². The van der Waals surface area contributed by atoms with Gasteiger partial charge in [0.25, 0.3) is 6.43 Å². The first-order valence-electron chi connectivity index (χ1n) is 5.23. The lowest BCUT2D eigenvalue weighted by molar-refractivity contribution is -0.149. The maximum Gasteiger partial charge on any atom is 0.308 e. The van der Waals surface area contributed by atoms with Crippen molar-refractivity contribution in [3.8, 4) is 0 Å². The number of halogens is 2. The van der Waals surface area contributed by atoms with E-state index in [1.165, 1.54) is 18.0 Å². The number of nitrogens with two attached hydrogens (primary N) is 1. The summed E-state index contributed by atoms with van der Waals surface area (Å²) in [6.45, 7) is 0. The number of ether oxygens (including phenoxy) is 1. The van der Waals surface area contributed by atoms with Crippen molar-refractivity contribution in [3.05, 3.63) is 11.9 Å². The molecule has 1 aliphatic rings. The monoisotopic (exact) mass is 245 g/mol. The molecule has 0 spiro atoms. The number of aromatic nitrogens is 2. The van der Waals surface area contributed by atoms with Gasteiger partial charge in [0.15, 0.2) is 5.69 Å². The van der Waals surface area contributed by atoms with E-state index < -0.39 is 12.1 Å². The van der Waals surface area contributed by atoms with Crippen molar-refractivity contribution >= 4 is 11.7 Å². The summed E-state index contributed by atoms with van der Waals surface area (Å²) in [7, 11) is 1.33. The van der Waals surface area contributed by atoms with Crippen LogP contribution < -0.4 is 5.73 Å². The SMILES string of the molecule is COC(=O)C1CC(n2cc(N)c(C(F)F)n2)C1. The third-order valence-corrected chi connectivity index (χ3v) is 3.02. The number of carbonyl (C=O) groups is 1. The van der Waals surface area contributed by atoms with Gasteiger partial charge in [0, 0.05) is 6.20 Å². The maximum atomic E-state index is 12.5. The van der Waals surface area contributed by atoms with Crippen LogP contribution in [0.1, 0.15) is 31.0 Å². The van der Waals surface area contributed by atoms with E-state index in [0.717, 1.165) is 0 Å². The lowest BCUT2D eigenvalue weighted by Crippen LogP contribution is -2.33. The number of nitrogens with zero attached hydrogens (tertiary/aromatic N) is 2. The molecular formula is C10H13F2N3O2. The van der Waals surface area contributed by atoms with Crippen molar-refractivity contribution in [1.82, 2.24) is 9.78 Å². The Morgan fingerprint density at radius 3 is 2.76 bits per heavy atom. The average molecular weight is 245 g/mol. The summed E-state index contributed by atoms with van der Waals surface area (Å²) in [5.74, 6) is -0.430. The van der Waals surface area contributed by atoms with Crippen molar-refractivity contribution in [2.75, 3.05) is 12.8 Å². The second-order valence-electron chi connectivity index (χ2n) is 4.10. The Morgan fingerprint density at radius 2 is 2.29 bits per heavy atom. The lowest BCUT2D eigenvalue weighted by atomic mass is 9.80. The van der Waals surface area contributed by atoms with Crippen LogP contribution in [0.15, 0.2) is 6.20 Å². The molecule has 1 saturated carbocycles. The highest BCUT2D eigenvalue weighted by Crippen LogP contribution is 2.39. The zero-order chi connectivity index (χ0) is 12.6. The number of methoxy groups -OCH3 is 1. The third kappa shape index (κ3) is 2.09. The first-order valence-corrected chi connectivity index (χ1v) is 5.23. The smallest absolute Gasteiger partial charge is 0.308 e. The molecule has 1 aromatic rings. The van der Waals surface area contributed by atoms with Gasteiger partial charge in [-0.3, -0.25) is 9.48 Å². The van der Waals surface area contributed by atoms with Gasteiger partial charge < -0.3 is 10.5 Å². The van der Waals surface area contributed by atoms with Crippen LogP contribution in [-0.2, 0) is 9.53 Å². The Kier molecular flexibility index (Phi) is 2.99. The standard InChI is InChI=1S/C10H13F2N3O2/c1-17-10(16)5-2-6(3-5)15-4-7(13)8(14-15)9(11)12/h4-6,9H,2-3,13H2,1H3. The van der Waals surface area contributed by atoms with Crippen molar-refractivity contribution in [3.63, 3.8) is 0 Å². The summed E-state index contributed by atoms with van der Waals surface area (Å²) in [6, 6.07) is -0.0473. The maximum absolute atomic E-state index is 12.5. The van der Waals surface area contributed by atoms with E-state index in [0.29, 0.717) is 12.8 Å². The minimum absolute atomic E-state index is 0.0125. The molecule has 7 heteroatoms. The van der Waals surface area contributed by atoms with Crippen molar-refractivity contribution < 1.29 is 18.3 Å². The van der Waals surface area contributed by atoms with E-state index in [2.05, 4.69) is 9.84 Å². The molecule has 0 bridgehead atoms. The Labute approximate surface area is 96.5 Å². The minimum Gasteiger partial charge on any atom is -0.469 e. The Bertz CT molecular complexity index is 427. The molecule has 0 unspecified atom stereocenters. The fraction of sp³-hybridized carbons (Fsp3) is 0.600. The fourth-order valence-electron chi connectivity index (χ4n) is 1.94. The highest BCUT2D eigenvalue weighted by Gasteiger charge is 2.37. The third-order valence-electron chi connectivity index (χ3n) is 3.02. The molecule has 1 aromatic heterocycles.